The Morgan fingerprint density at radius 2 is 1.95 bits per heavy atom. The van der Waals surface area contributed by atoms with E-state index in [0.29, 0.717) is 5.92 Å². The molecule has 0 amide bonds. The molecule has 1 fully saturated rings. The van der Waals surface area contributed by atoms with E-state index in [-0.39, 0.29) is 11.7 Å². The number of hydrogen-bond donors (Lipinski definition) is 0. The number of Topliss-reactive ketones (excluding diaryl/α,β-unsaturated/α-hetero) is 1. The molecule has 1 aromatic heterocycles. The van der Waals surface area contributed by atoms with E-state index < -0.39 is 0 Å². The fourth-order valence-electron chi connectivity index (χ4n) is 2.87. The molecule has 0 N–H and O–H groups in total. The highest BCUT2D eigenvalue weighted by atomic mass is 16.1. The fourth-order valence-corrected chi connectivity index (χ4v) is 2.87. The van der Waals surface area contributed by atoms with Crippen molar-refractivity contribution in [3.63, 3.8) is 0 Å². The van der Waals surface area contributed by atoms with Gasteiger partial charge in [-0.2, -0.15) is 5.10 Å². The van der Waals surface area contributed by atoms with Crippen molar-refractivity contribution in [3.05, 3.63) is 52.8 Å². The highest BCUT2D eigenvalue weighted by Crippen LogP contribution is 2.49. The van der Waals surface area contributed by atoms with Crippen molar-refractivity contribution in [1.82, 2.24) is 9.78 Å². The maximum Gasteiger partial charge on any atom is 0.170 e. The number of nitrogens with zero attached hydrogens (tertiary/aromatic N) is 2. The smallest absolute Gasteiger partial charge is 0.170 e. The molecule has 3 rings (SSSR count). The molecule has 98 valence electrons. The van der Waals surface area contributed by atoms with Crippen LogP contribution in [0.3, 0.4) is 0 Å². The van der Waals surface area contributed by atoms with Crippen LogP contribution in [0.5, 0.6) is 0 Å². The summed E-state index contributed by atoms with van der Waals surface area (Å²) in [6.07, 6.45) is 0.969. The Hall–Kier alpha value is -1.90. The number of hydrogen-bond acceptors (Lipinski definition) is 2. The third-order valence-corrected chi connectivity index (χ3v) is 4.11. The molecule has 2 unspecified atom stereocenters. The van der Waals surface area contributed by atoms with E-state index in [9.17, 15) is 4.79 Å². The molecule has 1 aromatic carbocycles. The van der Waals surface area contributed by atoms with Gasteiger partial charge in [0, 0.05) is 18.7 Å². The van der Waals surface area contributed by atoms with Crippen molar-refractivity contribution in [2.24, 2.45) is 13.0 Å². The zero-order valence-electron chi connectivity index (χ0n) is 11.6. The van der Waals surface area contributed by atoms with Crippen LogP contribution in [0.4, 0.5) is 0 Å². The summed E-state index contributed by atoms with van der Waals surface area (Å²) in [5, 5.41) is 4.34. The molecule has 3 heteroatoms. The van der Waals surface area contributed by atoms with Crippen LogP contribution < -0.4 is 0 Å². The Labute approximate surface area is 113 Å². The van der Waals surface area contributed by atoms with E-state index in [4.69, 9.17) is 0 Å². The van der Waals surface area contributed by atoms with Crippen LogP contribution in [-0.4, -0.2) is 15.6 Å². The average molecular weight is 254 g/mol. The standard InChI is InChI=1S/C16H18N2O/c1-10-15(11(2)18(3)17-10)16(19)14-9-13(14)12-7-5-4-6-8-12/h4-8,13-14H,9H2,1-3H3. The molecule has 2 atom stereocenters. The summed E-state index contributed by atoms with van der Waals surface area (Å²) in [6, 6.07) is 10.3. The Kier molecular flexibility index (Phi) is 2.77. The third-order valence-electron chi connectivity index (χ3n) is 4.11. The van der Waals surface area contributed by atoms with E-state index >= 15 is 0 Å². The van der Waals surface area contributed by atoms with E-state index in [2.05, 4.69) is 17.2 Å². The average Bonchev–Trinajstić information content (AvgIpc) is 3.15. The SMILES string of the molecule is Cc1nn(C)c(C)c1C(=O)C1CC1c1ccccc1. The lowest BCUT2D eigenvalue weighted by Gasteiger charge is -2.02. The van der Waals surface area contributed by atoms with E-state index in [1.807, 2.05) is 39.1 Å². The predicted molar refractivity (Wildman–Crippen MR) is 74.3 cm³/mol. The summed E-state index contributed by atoms with van der Waals surface area (Å²) in [5.41, 5.74) is 3.93. The number of aryl methyl sites for hydroxylation is 2. The second-order valence-electron chi connectivity index (χ2n) is 5.39. The quantitative estimate of drug-likeness (QED) is 0.789. The molecular formula is C16H18N2O. The van der Waals surface area contributed by atoms with Crippen molar-refractivity contribution in [3.8, 4) is 0 Å². The van der Waals surface area contributed by atoms with Gasteiger partial charge in [0.2, 0.25) is 0 Å². The first-order valence-corrected chi connectivity index (χ1v) is 6.69. The van der Waals surface area contributed by atoms with Gasteiger partial charge in [0.05, 0.1) is 11.3 Å². The van der Waals surface area contributed by atoms with E-state index in [0.717, 1.165) is 23.4 Å². The zero-order chi connectivity index (χ0) is 13.6. The molecular weight excluding hydrogens is 236 g/mol. The summed E-state index contributed by atoms with van der Waals surface area (Å²) < 4.78 is 1.79. The van der Waals surface area contributed by atoms with Crippen molar-refractivity contribution < 1.29 is 4.79 Å². The van der Waals surface area contributed by atoms with Crippen molar-refractivity contribution in [1.29, 1.82) is 0 Å². The van der Waals surface area contributed by atoms with Crippen LogP contribution in [0.1, 0.15) is 39.6 Å². The van der Waals surface area contributed by atoms with Gasteiger partial charge in [-0.1, -0.05) is 30.3 Å². The van der Waals surface area contributed by atoms with Gasteiger partial charge in [0.25, 0.3) is 0 Å². The lowest BCUT2D eigenvalue weighted by atomic mass is 10.0. The first kappa shape index (κ1) is 12.2. The van der Waals surface area contributed by atoms with Crippen LogP contribution in [-0.2, 0) is 7.05 Å². The molecule has 0 radical (unpaired) electrons. The summed E-state index contributed by atoms with van der Waals surface area (Å²) in [4.78, 5) is 12.6. The Balaban J connectivity index is 1.84. The minimum absolute atomic E-state index is 0.143. The molecule has 1 aliphatic carbocycles. The molecule has 0 bridgehead atoms. The molecule has 1 saturated carbocycles. The highest BCUT2D eigenvalue weighted by Gasteiger charge is 2.45. The van der Waals surface area contributed by atoms with Crippen molar-refractivity contribution in [2.45, 2.75) is 26.2 Å². The predicted octanol–water partition coefficient (Wildman–Crippen LogP) is 3.02. The third kappa shape index (κ3) is 1.99. The molecule has 0 spiro atoms. The van der Waals surface area contributed by atoms with Crippen LogP contribution in [0.25, 0.3) is 0 Å². The van der Waals surface area contributed by atoms with Crippen LogP contribution in [0, 0.1) is 19.8 Å². The van der Waals surface area contributed by atoms with Gasteiger partial charge >= 0.3 is 0 Å². The van der Waals surface area contributed by atoms with E-state index in [1.54, 1.807) is 4.68 Å². The molecule has 1 aliphatic rings. The second-order valence-corrected chi connectivity index (χ2v) is 5.39. The zero-order valence-corrected chi connectivity index (χ0v) is 11.6. The number of carbonyl (C=O) groups excluding carboxylic acids is 1. The largest absolute Gasteiger partial charge is 0.294 e. The molecule has 0 saturated heterocycles. The van der Waals surface area contributed by atoms with Crippen molar-refractivity contribution >= 4 is 5.78 Å². The lowest BCUT2D eigenvalue weighted by Crippen LogP contribution is -2.06. The van der Waals surface area contributed by atoms with Gasteiger partial charge in [-0.05, 0) is 31.7 Å². The minimum atomic E-state index is 0.143. The topological polar surface area (TPSA) is 34.9 Å². The summed E-state index contributed by atoms with van der Waals surface area (Å²) in [6.45, 7) is 3.88. The molecule has 2 aromatic rings. The maximum absolute atomic E-state index is 12.6. The fraction of sp³-hybridized carbons (Fsp3) is 0.375. The van der Waals surface area contributed by atoms with Crippen LogP contribution >= 0.6 is 0 Å². The summed E-state index contributed by atoms with van der Waals surface area (Å²) in [5.74, 6) is 0.800. The molecule has 3 nitrogen and oxygen atoms in total. The lowest BCUT2D eigenvalue weighted by molar-refractivity contribution is 0.0964. The number of ketones is 1. The number of aromatic nitrogens is 2. The summed E-state index contributed by atoms with van der Waals surface area (Å²) in [7, 11) is 1.89. The Morgan fingerprint density at radius 1 is 1.26 bits per heavy atom. The highest BCUT2D eigenvalue weighted by molar-refractivity contribution is 6.02. The molecule has 0 aliphatic heterocycles. The maximum atomic E-state index is 12.6. The monoisotopic (exact) mass is 254 g/mol. The van der Waals surface area contributed by atoms with Crippen molar-refractivity contribution in [2.75, 3.05) is 0 Å². The second kappa shape index (κ2) is 4.34. The van der Waals surface area contributed by atoms with Crippen LogP contribution in [0.15, 0.2) is 30.3 Å². The van der Waals surface area contributed by atoms with Gasteiger partial charge in [0.15, 0.2) is 5.78 Å². The molecule has 19 heavy (non-hydrogen) atoms. The minimum Gasteiger partial charge on any atom is -0.294 e. The van der Waals surface area contributed by atoms with Gasteiger partial charge in [-0.3, -0.25) is 9.48 Å². The Morgan fingerprint density at radius 3 is 2.53 bits per heavy atom. The van der Waals surface area contributed by atoms with Crippen LogP contribution in [0.2, 0.25) is 0 Å². The number of benzene rings is 1. The first-order valence-electron chi connectivity index (χ1n) is 6.69. The molecule has 1 heterocycles. The Bertz CT molecular complexity index is 628. The van der Waals surface area contributed by atoms with Gasteiger partial charge in [-0.15, -0.1) is 0 Å². The normalized spacial score (nSPS) is 21.4. The van der Waals surface area contributed by atoms with E-state index in [1.165, 1.54) is 5.56 Å². The first-order chi connectivity index (χ1) is 9.09. The summed E-state index contributed by atoms with van der Waals surface area (Å²) >= 11 is 0. The van der Waals surface area contributed by atoms with Gasteiger partial charge in [0.1, 0.15) is 0 Å². The number of carbonyl (C=O) groups is 1. The van der Waals surface area contributed by atoms with Gasteiger partial charge < -0.3 is 0 Å². The van der Waals surface area contributed by atoms with Gasteiger partial charge in [-0.25, -0.2) is 0 Å². The number of rotatable bonds is 3.